The van der Waals surface area contributed by atoms with Crippen molar-refractivity contribution in [1.82, 2.24) is 0 Å². The molecular weight excluding hydrogens is 222 g/mol. The minimum Gasteiger partial charge on any atom is -0.394 e. The largest absolute Gasteiger partial charge is 0.394 e. The van der Waals surface area contributed by atoms with Crippen molar-refractivity contribution in [1.29, 1.82) is 0 Å². The molecule has 0 saturated carbocycles. The third-order valence-electron chi connectivity index (χ3n) is 2.58. The van der Waals surface area contributed by atoms with Crippen molar-refractivity contribution in [3.8, 4) is 0 Å². The van der Waals surface area contributed by atoms with E-state index in [1.807, 2.05) is 30.8 Å². The summed E-state index contributed by atoms with van der Waals surface area (Å²) in [5, 5.41) is 1.05. The fraction of sp³-hybridized carbons (Fsp3) is 0.364. The van der Waals surface area contributed by atoms with E-state index < -0.39 is 8.56 Å². The van der Waals surface area contributed by atoms with E-state index in [2.05, 4.69) is 4.99 Å². The molecule has 0 unspecified atom stereocenters. The molecule has 1 aromatic carbocycles. The smallest absolute Gasteiger partial charge is 0.368 e. The molecule has 86 valence electrons. The SMILES string of the molecule is CO[Si](C)(OC)c1ccc(CN=C=O)cc1. The Labute approximate surface area is 96.2 Å². The number of aliphatic imine (C=N–C) groups is 1. The number of carbonyl (C=O) groups excluding carboxylic acids is 1. The standard InChI is InChI=1S/C11H15NO3Si/c1-14-16(3,15-2)11-6-4-10(5-7-11)8-12-9-13/h4-7H,8H2,1-3H3. The monoisotopic (exact) mass is 237 g/mol. The molecule has 1 aromatic rings. The van der Waals surface area contributed by atoms with Gasteiger partial charge in [-0.05, 0) is 17.3 Å². The van der Waals surface area contributed by atoms with Crippen LogP contribution in [0.25, 0.3) is 0 Å². The average molecular weight is 237 g/mol. The number of hydrogen-bond donors (Lipinski definition) is 0. The first-order valence-corrected chi connectivity index (χ1v) is 7.21. The Bertz CT molecular complexity index is 381. The highest BCUT2D eigenvalue weighted by Crippen LogP contribution is 2.07. The lowest BCUT2D eigenvalue weighted by Gasteiger charge is -2.23. The molecule has 5 heteroatoms. The summed E-state index contributed by atoms with van der Waals surface area (Å²) in [6.45, 7) is 2.34. The zero-order valence-corrected chi connectivity index (χ0v) is 10.7. The second kappa shape index (κ2) is 5.72. The third kappa shape index (κ3) is 2.87. The van der Waals surface area contributed by atoms with Crippen LogP contribution in [-0.4, -0.2) is 28.9 Å². The molecule has 0 N–H and O–H groups in total. The van der Waals surface area contributed by atoms with Crippen LogP contribution >= 0.6 is 0 Å². The maximum atomic E-state index is 9.97. The molecule has 0 saturated heterocycles. The van der Waals surface area contributed by atoms with E-state index in [0.29, 0.717) is 6.54 Å². The number of isocyanates is 1. The van der Waals surface area contributed by atoms with E-state index in [1.54, 1.807) is 14.2 Å². The first-order valence-electron chi connectivity index (χ1n) is 4.89. The second-order valence-electron chi connectivity index (χ2n) is 3.46. The maximum absolute atomic E-state index is 9.97. The van der Waals surface area contributed by atoms with Crippen LogP contribution in [0.2, 0.25) is 6.55 Å². The van der Waals surface area contributed by atoms with Crippen molar-refractivity contribution in [3.05, 3.63) is 29.8 Å². The topological polar surface area (TPSA) is 47.9 Å². The lowest BCUT2D eigenvalue weighted by Crippen LogP contribution is -2.49. The van der Waals surface area contributed by atoms with Gasteiger partial charge in [0, 0.05) is 14.2 Å². The first kappa shape index (κ1) is 12.8. The van der Waals surface area contributed by atoms with Gasteiger partial charge in [0.2, 0.25) is 6.08 Å². The second-order valence-corrected chi connectivity index (χ2v) is 6.74. The van der Waals surface area contributed by atoms with Crippen LogP contribution in [0.5, 0.6) is 0 Å². The molecule has 0 aliphatic rings. The van der Waals surface area contributed by atoms with Crippen LogP contribution in [-0.2, 0) is 20.2 Å². The van der Waals surface area contributed by atoms with Crippen molar-refractivity contribution in [3.63, 3.8) is 0 Å². The molecule has 1 rings (SSSR count). The summed E-state index contributed by atoms with van der Waals surface area (Å²) in [5.41, 5.74) is 0.968. The summed E-state index contributed by atoms with van der Waals surface area (Å²) in [4.78, 5) is 13.5. The predicted molar refractivity (Wildman–Crippen MR) is 63.5 cm³/mol. The van der Waals surface area contributed by atoms with Gasteiger partial charge in [0.05, 0.1) is 6.54 Å². The fourth-order valence-electron chi connectivity index (χ4n) is 1.36. The molecule has 0 heterocycles. The molecular formula is C11H15NO3Si. The Morgan fingerprint density at radius 3 is 2.25 bits per heavy atom. The summed E-state index contributed by atoms with van der Waals surface area (Å²) in [7, 11) is 1.07. The van der Waals surface area contributed by atoms with Crippen LogP contribution in [0.3, 0.4) is 0 Å². The number of hydrogen-bond acceptors (Lipinski definition) is 4. The summed E-state index contributed by atoms with van der Waals surface area (Å²) in [6.07, 6.45) is 1.52. The molecule has 0 aliphatic carbocycles. The normalized spacial score (nSPS) is 10.9. The zero-order valence-electron chi connectivity index (χ0n) is 9.69. The highest BCUT2D eigenvalue weighted by atomic mass is 28.4. The number of rotatable bonds is 5. The minimum atomic E-state index is -2.24. The van der Waals surface area contributed by atoms with Crippen LogP contribution in [0.15, 0.2) is 29.3 Å². The van der Waals surface area contributed by atoms with Gasteiger partial charge in [0.1, 0.15) is 0 Å². The van der Waals surface area contributed by atoms with Crippen molar-refractivity contribution in [2.75, 3.05) is 14.2 Å². The molecule has 0 aliphatic heterocycles. The maximum Gasteiger partial charge on any atom is 0.368 e. The van der Waals surface area contributed by atoms with Gasteiger partial charge in [0.25, 0.3) is 0 Å². The van der Waals surface area contributed by atoms with Gasteiger partial charge in [-0.15, -0.1) is 0 Å². The van der Waals surface area contributed by atoms with E-state index in [1.165, 1.54) is 6.08 Å². The highest BCUT2D eigenvalue weighted by Gasteiger charge is 2.31. The van der Waals surface area contributed by atoms with Crippen LogP contribution in [0.4, 0.5) is 0 Å². The highest BCUT2D eigenvalue weighted by molar-refractivity contribution is 6.79. The Morgan fingerprint density at radius 2 is 1.81 bits per heavy atom. The average Bonchev–Trinajstić information content (AvgIpc) is 2.36. The van der Waals surface area contributed by atoms with Gasteiger partial charge in [-0.3, -0.25) is 0 Å². The molecule has 0 fully saturated rings. The quantitative estimate of drug-likeness (QED) is 0.437. The van der Waals surface area contributed by atoms with E-state index in [4.69, 9.17) is 8.85 Å². The van der Waals surface area contributed by atoms with E-state index in [9.17, 15) is 4.79 Å². The van der Waals surface area contributed by atoms with Crippen molar-refractivity contribution < 1.29 is 13.6 Å². The van der Waals surface area contributed by atoms with Crippen molar-refractivity contribution >= 4 is 19.8 Å². The zero-order chi connectivity index (χ0) is 12.0. The molecule has 0 amide bonds. The Balaban J connectivity index is 2.89. The Kier molecular flexibility index (Phi) is 4.58. The van der Waals surface area contributed by atoms with Crippen molar-refractivity contribution in [2.24, 2.45) is 4.99 Å². The number of benzene rings is 1. The van der Waals surface area contributed by atoms with Crippen molar-refractivity contribution in [2.45, 2.75) is 13.1 Å². The summed E-state index contributed by atoms with van der Waals surface area (Å²) >= 11 is 0. The van der Waals surface area contributed by atoms with Crippen LogP contribution in [0, 0.1) is 0 Å². The lowest BCUT2D eigenvalue weighted by molar-refractivity contribution is 0.265. The molecule has 0 aromatic heterocycles. The summed E-state index contributed by atoms with van der Waals surface area (Å²) in [5.74, 6) is 0. The molecule has 0 atom stereocenters. The summed E-state index contributed by atoms with van der Waals surface area (Å²) < 4.78 is 10.8. The fourth-order valence-corrected chi connectivity index (χ4v) is 2.77. The Hall–Kier alpha value is -1.26. The third-order valence-corrected chi connectivity index (χ3v) is 5.52. The van der Waals surface area contributed by atoms with Gasteiger partial charge >= 0.3 is 8.56 Å². The first-order chi connectivity index (χ1) is 7.66. The minimum absolute atomic E-state index is 0.363. The molecule has 0 radical (unpaired) electrons. The van der Waals surface area contributed by atoms with Gasteiger partial charge < -0.3 is 8.85 Å². The van der Waals surface area contributed by atoms with E-state index in [-0.39, 0.29) is 0 Å². The van der Waals surface area contributed by atoms with E-state index in [0.717, 1.165) is 10.8 Å². The Morgan fingerprint density at radius 1 is 1.25 bits per heavy atom. The van der Waals surface area contributed by atoms with Crippen LogP contribution in [0.1, 0.15) is 5.56 Å². The summed E-state index contributed by atoms with van der Waals surface area (Å²) in [6, 6.07) is 7.74. The van der Waals surface area contributed by atoms with Gasteiger partial charge in [-0.2, -0.15) is 0 Å². The van der Waals surface area contributed by atoms with Crippen LogP contribution < -0.4 is 5.19 Å². The molecule has 16 heavy (non-hydrogen) atoms. The lowest BCUT2D eigenvalue weighted by atomic mass is 10.2. The van der Waals surface area contributed by atoms with Gasteiger partial charge in [-0.25, -0.2) is 9.79 Å². The predicted octanol–water partition coefficient (Wildman–Crippen LogP) is 1.09. The van der Waals surface area contributed by atoms with E-state index >= 15 is 0 Å². The number of nitrogens with zero attached hydrogens (tertiary/aromatic N) is 1. The van der Waals surface area contributed by atoms with Gasteiger partial charge in [0.15, 0.2) is 0 Å². The molecule has 0 spiro atoms. The molecule has 4 nitrogen and oxygen atoms in total. The van der Waals surface area contributed by atoms with Gasteiger partial charge in [-0.1, -0.05) is 24.3 Å². The molecule has 0 bridgehead atoms.